The molecule has 0 spiro atoms. The first kappa shape index (κ1) is 45.3. The van der Waals surface area contributed by atoms with Gasteiger partial charge in [-0.1, -0.05) is 11.6 Å². The van der Waals surface area contributed by atoms with Crippen molar-refractivity contribution in [2.75, 3.05) is 61.5 Å². The Bertz CT molecular complexity index is 2630. The van der Waals surface area contributed by atoms with Gasteiger partial charge < -0.3 is 39.4 Å². The van der Waals surface area contributed by atoms with Gasteiger partial charge in [-0.3, -0.25) is 34.2 Å². The zero-order valence-electron chi connectivity index (χ0n) is 37.8. The highest BCUT2D eigenvalue weighted by Crippen LogP contribution is 2.42. The number of pyridine rings is 1. The van der Waals surface area contributed by atoms with E-state index in [2.05, 4.69) is 42.6 Å². The predicted octanol–water partition coefficient (Wildman–Crippen LogP) is 5.08. The molecule has 4 amide bonds. The smallest absolute Gasteiger partial charge is 0.293 e. The Morgan fingerprint density at radius 3 is 2.48 bits per heavy atom. The number of nitrogens with one attached hydrogen (secondary N) is 3. The van der Waals surface area contributed by atoms with E-state index in [0.29, 0.717) is 46.3 Å². The Hall–Kier alpha value is -5.85. The molecule has 3 N–H and O–H groups in total. The summed E-state index contributed by atoms with van der Waals surface area (Å²) in [5.74, 6) is -0.924. The number of nitrogens with zero attached hydrogens (tertiary/aromatic N) is 7. The summed E-state index contributed by atoms with van der Waals surface area (Å²) in [7, 11) is 1.51. The molecule has 3 atom stereocenters. The number of ether oxygens (including phenoxy) is 2. The van der Waals surface area contributed by atoms with Crippen LogP contribution in [-0.4, -0.2) is 125 Å². The molecule has 2 aromatic carbocycles. The topological polar surface area (TPSA) is 184 Å². The van der Waals surface area contributed by atoms with Crippen molar-refractivity contribution in [1.82, 2.24) is 35.0 Å². The number of aromatic nitrogens is 3. The molecule has 3 saturated heterocycles. The number of imide groups is 1. The van der Waals surface area contributed by atoms with Crippen LogP contribution in [0.25, 0.3) is 10.9 Å². The molecule has 9 rings (SSSR count). The Morgan fingerprint density at radius 2 is 1.77 bits per heavy atom. The maximum atomic E-state index is 16.4. The first-order chi connectivity index (χ1) is 31.7. The average Bonchev–Trinajstić information content (AvgIpc) is 3.53. The highest BCUT2D eigenvalue weighted by Gasteiger charge is 2.46. The van der Waals surface area contributed by atoms with Crippen LogP contribution < -0.4 is 36.0 Å². The standard InChI is InChI=1S/C47H56ClFN10O7/c1-25(2)58-35-8-6-29(18-28(35)19-38(46(58)64)65-24-40(61)50-5)52-43-34(48)22-51-47(54-43)55-14-12-31(13-15-55)66-32-20-30(21-32)56-16-17-57(26(3)23-56)36-9-7-33-41(42(36)49)27(4)59(45(33)63)37-10-11-39(60)53-44(37)62/h6-9,18-19,22,25-27,30-32,37H,10-17,20-21,23-24H2,1-5H3,(H,50,61)(H,51,52,54)(H,53,60,62)/t26-,27-,30?,32?,37?/m1/s1. The fourth-order valence-corrected chi connectivity index (χ4v) is 10.4. The number of rotatable bonds is 12. The van der Waals surface area contributed by atoms with Crippen molar-refractivity contribution in [3.63, 3.8) is 0 Å². The van der Waals surface area contributed by atoms with Crippen LogP contribution in [0.15, 0.2) is 47.4 Å². The summed E-state index contributed by atoms with van der Waals surface area (Å²) in [4.78, 5) is 80.4. The summed E-state index contributed by atoms with van der Waals surface area (Å²) in [5, 5.41) is 9.25. The van der Waals surface area contributed by atoms with Crippen molar-refractivity contribution in [2.24, 2.45) is 0 Å². The van der Waals surface area contributed by atoms with E-state index in [-0.39, 0.29) is 78.3 Å². The van der Waals surface area contributed by atoms with E-state index in [1.165, 1.54) is 11.9 Å². The number of piperazine rings is 1. The highest BCUT2D eigenvalue weighted by atomic mass is 35.5. The van der Waals surface area contributed by atoms with Crippen LogP contribution in [0, 0.1) is 5.82 Å². The van der Waals surface area contributed by atoms with Crippen molar-refractivity contribution >= 4 is 69.3 Å². The lowest BCUT2D eigenvalue weighted by atomic mass is 9.86. The second kappa shape index (κ2) is 18.4. The van der Waals surface area contributed by atoms with Crippen molar-refractivity contribution in [1.29, 1.82) is 0 Å². The number of likely N-dealkylation sites (N-methyl/N-ethyl adjacent to an activating group) is 1. The molecule has 1 aliphatic carbocycles. The van der Waals surface area contributed by atoms with Gasteiger partial charge in [0.25, 0.3) is 17.4 Å². The van der Waals surface area contributed by atoms with Crippen molar-refractivity contribution < 1.29 is 33.0 Å². The maximum absolute atomic E-state index is 16.4. The van der Waals surface area contributed by atoms with Gasteiger partial charge >= 0.3 is 0 Å². The number of hydrogen-bond donors (Lipinski definition) is 3. The average molecular weight is 927 g/mol. The molecule has 350 valence electrons. The van der Waals surface area contributed by atoms with E-state index >= 15 is 4.39 Å². The fraction of sp³-hybridized carbons (Fsp3) is 0.511. The minimum atomic E-state index is -0.811. The van der Waals surface area contributed by atoms with Gasteiger partial charge in [-0.25, -0.2) is 9.37 Å². The molecular formula is C47H56ClFN10O7. The summed E-state index contributed by atoms with van der Waals surface area (Å²) >= 11 is 6.60. The number of carbonyl (C=O) groups is 4. The Balaban J connectivity index is 0.762. The number of benzene rings is 2. The maximum Gasteiger partial charge on any atom is 0.293 e. The molecule has 4 aromatic rings. The number of carbonyl (C=O) groups excluding carboxylic acids is 4. The summed E-state index contributed by atoms with van der Waals surface area (Å²) in [6.07, 6.45) is 5.82. The number of hydrogen-bond acceptors (Lipinski definition) is 13. The van der Waals surface area contributed by atoms with E-state index in [4.69, 9.17) is 26.1 Å². The SMILES string of the molecule is CNC(=O)COc1cc2cc(Nc3nc(N4CCC(OC5CC(N6CCN(c7ccc8c(c7F)[C@@H](C)N(C7CCC(=O)NC7=O)C8=O)[C@H](C)C6)C5)CC4)ncc3Cl)ccc2n(C(C)C)c1=O. The molecule has 2 aromatic heterocycles. The van der Waals surface area contributed by atoms with Crippen LogP contribution in [0.2, 0.25) is 5.02 Å². The first-order valence-corrected chi connectivity index (χ1v) is 23.3. The molecule has 19 heteroatoms. The summed E-state index contributed by atoms with van der Waals surface area (Å²) in [6, 6.07) is 9.46. The summed E-state index contributed by atoms with van der Waals surface area (Å²) in [5.41, 5.74) is 2.16. The van der Waals surface area contributed by atoms with Crippen molar-refractivity contribution in [3.8, 4) is 5.75 Å². The Kier molecular flexibility index (Phi) is 12.7. The molecule has 1 saturated carbocycles. The van der Waals surface area contributed by atoms with Gasteiger partial charge in [0, 0.05) is 86.5 Å². The third-order valence-electron chi connectivity index (χ3n) is 13.8. The largest absolute Gasteiger partial charge is 0.478 e. The second-order valence-corrected chi connectivity index (χ2v) is 18.7. The molecule has 5 aliphatic rings. The third-order valence-corrected chi connectivity index (χ3v) is 14.1. The molecule has 6 heterocycles. The predicted molar refractivity (Wildman–Crippen MR) is 247 cm³/mol. The van der Waals surface area contributed by atoms with E-state index < -0.39 is 23.8 Å². The lowest BCUT2D eigenvalue weighted by molar-refractivity contribution is -0.137. The number of amides is 4. The third kappa shape index (κ3) is 8.65. The molecular weight excluding hydrogens is 871 g/mol. The van der Waals surface area contributed by atoms with Gasteiger partial charge in [0.15, 0.2) is 24.0 Å². The van der Waals surface area contributed by atoms with Crippen LogP contribution in [0.5, 0.6) is 5.75 Å². The van der Waals surface area contributed by atoms with Gasteiger partial charge in [0.2, 0.25) is 17.8 Å². The van der Waals surface area contributed by atoms with E-state index in [0.717, 1.165) is 62.8 Å². The van der Waals surface area contributed by atoms with E-state index in [9.17, 15) is 24.0 Å². The van der Waals surface area contributed by atoms with Crippen molar-refractivity contribution in [2.45, 2.75) is 109 Å². The van der Waals surface area contributed by atoms with Gasteiger partial charge in [0.05, 0.1) is 35.7 Å². The second-order valence-electron chi connectivity index (χ2n) is 18.3. The number of piperidine rings is 2. The molecule has 1 unspecified atom stereocenters. The molecule has 0 bridgehead atoms. The molecule has 17 nitrogen and oxygen atoms in total. The Labute approximate surface area is 386 Å². The van der Waals surface area contributed by atoms with Crippen molar-refractivity contribution in [3.05, 3.63) is 74.9 Å². The normalized spacial score (nSPS) is 23.8. The molecule has 4 aliphatic heterocycles. The number of halogens is 2. The van der Waals surface area contributed by atoms with Gasteiger partial charge in [-0.2, -0.15) is 4.98 Å². The van der Waals surface area contributed by atoms with Gasteiger partial charge in [-0.15, -0.1) is 0 Å². The van der Waals surface area contributed by atoms with E-state index in [1.807, 2.05) is 32.0 Å². The lowest BCUT2D eigenvalue weighted by Gasteiger charge is -2.49. The first-order valence-electron chi connectivity index (χ1n) is 22.9. The minimum absolute atomic E-state index is 0.0356. The van der Waals surface area contributed by atoms with Crippen LogP contribution in [0.1, 0.15) is 94.2 Å². The summed E-state index contributed by atoms with van der Waals surface area (Å²) in [6.45, 7) is 11.1. The lowest BCUT2D eigenvalue weighted by Crippen LogP contribution is -2.59. The summed E-state index contributed by atoms with van der Waals surface area (Å²) < 4.78 is 30.3. The Morgan fingerprint density at radius 1 is 1.00 bits per heavy atom. The minimum Gasteiger partial charge on any atom is -0.478 e. The molecule has 66 heavy (non-hydrogen) atoms. The monoisotopic (exact) mass is 926 g/mol. The zero-order chi connectivity index (χ0) is 46.6. The molecule has 4 fully saturated rings. The van der Waals surface area contributed by atoms with Crippen LogP contribution in [0.3, 0.4) is 0 Å². The van der Waals surface area contributed by atoms with Crippen LogP contribution in [0.4, 0.5) is 27.5 Å². The van der Waals surface area contributed by atoms with E-state index in [1.54, 1.807) is 35.9 Å². The van der Waals surface area contributed by atoms with Gasteiger partial charge in [-0.05, 0) is 96.2 Å². The highest BCUT2D eigenvalue weighted by molar-refractivity contribution is 6.33. The fourth-order valence-electron chi connectivity index (χ4n) is 10.3. The zero-order valence-corrected chi connectivity index (χ0v) is 38.6. The quantitative estimate of drug-likeness (QED) is 0.160. The van der Waals surface area contributed by atoms with Crippen LogP contribution in [-0.2, 0) is 19.1 Å². The van der Waals surface area contributed by atoms with Gasteiger partial charge in [0.1, 0.15) is 11.1 Å². The molecule has 0 radical (unpaired) electrons. The van der Waals surface area contributed by atoms with Crippen LogP contribution >= 0.6 is 11.6 Å². The number of anilines is 4. The number of fused-ring (bicyclic) bond motifs is 2.